The van der Waals surface area contributed by atoms with Crippen molar-refractivity contribution in [2.45, 2.75) is 18.1 Å². The molecule has 0 saturated heterocycles. The fraction of sp³-hybridized carbons (Fsp3) is 0.312. The average molecular weight is 380 g/mol. The Kier molecular flexibility index (Phi) is 5.55. The van der Waals surface area contributed by atoms with E-state index in [2.05, 4.69) is 45.4 Å². The molecule has 8 heteroatoms. The lowest BCUT2D eigenvalue weighted by molar-refractivity contribution is 0.404. The highest BCUT2D eigenvalue weighted by Crippen LogP contribution is 2.27. The van der Waals surface area contributed by atoms with Gasteiger partial charge in [0.25, 0.3) is 0 Å². The third-order valence-corrected chi connectivity index (χ3v) is 5.39. The fourth-order valence-electron chi connectivity index (χ4n) is 2.35. The molecule has 0 bridgehead atoms. The van der Waals surface area contributed by atoms with Gasteiger partial charge in [-0.1, -0.05) is 23.4 Å². The molecular weight excluding hydrogens is 362 g/mol. The van der Waals surface area contributed by atoms with E-state index in [0.29, 0.717) is 16.1 Å². The quantitative estimate of drug-likeness (QED) is 0.400. The minimum Gasteiger partial charge on any atom is -0.384 e. The number of halogens is 1. The minimum atomic E-state index is 0.371. The smallest absolute Gasteiger partial charge is 0.190 e. The van der Waals surface area contributed by atoms with Gasteiger partial charge in [-0.25, -0.2) is 9.97 Å². The number of hydrogen-bond acceptors (Lipinski definition) is 7. The summed E-state index contributed by atoms with van der Waals surface area (Å²) in [4.78, 5) is 15.1. The van der Waals surface area contributed by atoms with Crippen molar-refractivity contribution in [1.82, 2.24) is 19.9 Å². The van der Waals surface area contributed by atoms with Crippen molar-refractivity contribution < 1.29 is 0 Å². The number of nitrogens with zero attached hydrogens (tertiary/aromatic N) is 4. The van der Waals surface area contributed by atoms with Crippen molar-refractivity contribution in [1.29, 1.82) is 0 Å². The molecule has 3 heterocycles. The summed E-state index contributed by atoms with van der Waals surface area (Å²) in [5, 5.41) is 4.49. The second-order valence-corrected chi connectivity index (χ2v) is 8.03. The van der Waals surface area contributed by atoms with Crippen LogP contribution in [0.15, 0.2) is 28.9 Å². The van der Waals surface area contributed by atoms with Gasteiger partial charge in [-0.2, -0.15) is 0 Å². The molecule has 0 aliphatic carbocycles. The Bertz CT molecular complexity index is 829. The maximum atomic E-state index is 5.90. The van der Waals surface area contributed by atoms with Crippen LogP contribution in [0, 0.1) is 0 Å². The third-order valence-electron chi connectivity index (χ3n) is 3.37. The summed E-state index contributed by atoms with van der Waals surface area (Å²) in [6.45, 7) is 0.938. The van der Waals surface area contributed by atoms with Crippen molar-refractivity contribution in [3.8, 4) is 0 Å². The number of pyridine rings is 1. The van der Waals surface area contributed by atoms with Crippen molar-refractivity contribution >= 4 is 50.6 Å². The SMILES string of the molecule is CN(C)Cc1csc2cnc(CCSc3nc(N)cc(Cl)n3)cc12. The highest BCUT2D eigenvalue weighted by molar-refractivity contribution is 7.99. The Morgan fingerprint density at radius 3 is 2.88 bits per heavy atom. The second kappa shape index (κ2) is 7.65. The number of nitrogens with two attached hydrogens (primary N) is 1. The lowest BCUT2D eigenvalue weighted by Gasteiger charge is -2.08. The predicted octanol–water partition coefficient (Wildman–Crippen LogP) is 3.72. The molecule has 0 amide bonds. The topological polar surface area (TPSA) is 67.9 Å². The Morgan fingerprint density at radius 2 is 2.12 bits per heavy atom. The molecule has 3 aromatic heterocycles. The average Bonchev–Trinajstić information content (AvgIpc) is 2.88. The van der Waals surface area contributed by atoms with E-state index < -0.39 is 0 Å². The summed E-state index contributed by atoms with van der Waals surface area (Å²) < 4.78 is 1.23. The van der Waals surface area contributed by atoms with E-state index >= 15 is 0 Å². The lowest BCUT2D eigenvalue weighted by atomic mass is 10.1. The molecule has 0 spiro atoms. The molecule has 0 aliphatic heterocycles. The highest BCUT2D eigenvalue weighted by Gasteiger charge is 2.08. The van der Waals surface area contributed by atoms with Gasteiger partial charge in [0.15, 0.2) is 5.16 Å². The first-order valence-electron chi connectivity index (χ1n) is 7.44. The van der Waals surface area contributed by atoms with Gasteiger partial charge in [0.2, 0.25) is 0 Å². The number of rotatable bonds is 6. The first kappa shape index (κ1) is 17.4. The fourth-order valence-corrected chi connectivity index (χ4v) is 4.32. The maximum Gasteiger partial charge on any atom is 0.190 e. The molecular formula is C16H18ClN5S2. The van der Waals surface area contributed by atoms with Gasteiger partial charge in [-0.05, 0) is 37.5 Å². The number of thiophene rings is 1. The van der Waals surface area contributed by atoms with E-state index in [1.54, 1.807) is 17.4 Å². The number of aromatic nitrogens is 3. The van der Waals surface area contributed by atoms with Crippen molar-refractivity contribution in [3.05, 3.63) is 40.1 Å². The van der Waals surface area contributed by atoms with Crippen molar-refractivity contribution in [2.24, 2.45) is 0 Å². The van der Waals surface area contributed by atoms with Gasteiger partial charge in [-0.15, -0.1) is 11.3 Å². The number of fused-ring (bicyclic) bond motifs is 1. The Hall–Kier alpha value is -1.41. The standard InChI is InChI=1S/C16H18ClN5S2/c1-22(2)8-10-9-24-13-7-19-11(5-12(10)13)3-4-23-16-20-14(17)6-15(18)21-16/h5-7,9H,3-4,8H2,1-2H3,(H2,18,20,21). The normalized spacial score (nSPS) is 11.5. The summed E-state index contributed by atoms with van der Waals surface area (Å²) in [6.07, 6.45) is 2.81. The first-order chi connectivity index (χ1) is 11.5. The van der Waals surface area contributed by atoms with Crippen LogP contribution in [0.2, 0.25) is 5.15 Å². The van der Waals surface area contributed by atoms with Gasteiger partial charge in [0.05, 0.1) is 4.70 Å². The molecule has 2 N–H and O–H groups in total. The van der Waals surface area contributed by atoms with Crippen LogP contribution in [0.1, 0.15) is 11.3 Å². The van der Waals surface area contributed by atoms with E-state index in [0.717, 1.165) is 24.4 Å². The van der Waals surface area contributed by atoms with Crippen LogP contribution in [0.5, 0.6) is 0 Å². The second-order valence-electron chi connectivity index (χ2n) is 5.67. The van der Waals surface area contributed by atoms with Crippen LogP contribution in [-0.2, 0) is 13.0 Å². The number of aryl methyl sites for hydroxylation is 1. The van der Waals surface area contributed by atoms with Crippen LogP contribution in [0.25, 0.3) is 10.1 Å². The van der Waals surface area contributed by atoms with Crippen LogP contribution < -0.4 is 5.73 Å². The van der Waals surface area contributed by atoms with Crippen molar-refractivity contribution in [3.63, 3.8) is 0 Å². The molecule has 0 atom stereocenters. The molecule has 0 radical (unpaired) electrons. The minimum absolute atomic E-state index is 0.371. The monoisotopic (exact) mass is 379 g/mol. The molecule has 0 saturated carbocycles. The zero-order valence-corrected chi connectivity index (χ0v) is 15.9. The maximum absolute atomic E-state index is 5.90. The number of nitrogen functional groups attached to an aromatic ring is 1. The van der Waals surface area contributed by atoms with Gasteiger partial charge in [0.1, 0.15) is 11.0 Å². The first-order valence-corrected chi connectivity index (χ1v) is 9.68. The van der Waals surface area contributed by atoms with Crippen LogP contribution in [0.4, 0.5) is 5.82 Å². The van der Waals surface area contributed by atoms with E-state index in [1.165, 1.54) is 27.4 Å². The van der Waals surface area contributed by atoms with E-state index in [1.807, 2.05) is 6.20 Å². The zero-order chi connectivity index (χ0) is 17.1. The summed E-state index contributed by atoms with van der Waals surface area (Å²) in [6, 6.07) is 3.74. The summed E-state index contributed by atoms with van der Waals surface area (Å²) in [5.74, 6) is 1.22. The Labute approximate surface area is 154 Å². The molecule has 126 valence electrons. The summed E-state index contributed by atoms with van der Waals surface area (Å²) in [7, 11) is 4.16. The van der Waals surface area contributed by atoms with E-state index in [9.17, 15) is 0 Å². The highest BCUT2D eigenvalue weighted by atomic mass is 35.5. The van der Waals surface area contributed by atoms with Gasteiger partial charge < -0.3 is 10.6 Å². The van der Waals surface area contributed by atoms with E-state index in [-0.39, 0.29) is 0 Å². The zero-order valence-electron chi connectivity index (χ0n) is 13.5. The number of hydrogen-bond donors (Lipinski definition) is 1. The van der Waals surface area contributed by atoms with Gasteiger partial charge in [0, 0.05) is 35.6 Å². The summed E-state index contributed by atoms with van der Waals surface area (Å²) >= 11 is 9.18. The summed E-state index contributed by atoms with van der Waals surface area (Å²) in [5.41, 5.74) is 8.11. The molecule has 0 aromatic carbocycles. The molecule has 5 nitrogen and oxygen atoms in total. The van der Waals surface area contributed by atoms with Crippen LogP contribution in [0.3, 0.4) is 0 Å². The lowest BCUT2D eigenvalue weighted by Crippen LogP contribution is -2.10. The molecule has 0 unspecified atom stereocenters. The molecule has 24 heavy (non-hydrogen) atoms. The Morgan fingerprint density at radius 1 is 1.29 bits per heavy atom. The third kappa shape index (κ3) is 4.36. The molecule has 0 aliphatic rings. The molecule has 3 rings (SSSR count). The van der Waals surface area contributed by atoms with Crippen LogP contribution >= 0.6 is 34.7 Å². The van der Waals surface area contributed by atoms with Crippen LogP contribution in [-0.4, -0.2) is 39.7 Å². The molecule has 3 aromatic rings. The number of thioether (sulfide) groups is 1. The largest absolute Gasteiger partial charge is 0.384 e. The van der Waals surface area contributed by atoms with E-state index in [4.69, 9.17) is 17.3 Å². The number of anilines is 1. The Balaban J connectivity index is 1.68. The van der Waals surface area contributed by atoms with Gasteiger partial charge >= 0.3 is 0 Å². The van der Waals surface area contributed by atoms with Gasteiger partial charge in [-0.3, -0.25) is 4.98 Å². The predicted molar refractivity (Wildman–Crippen MR) is 103 cm³/mol. The molecule has 0 fully saturated rings. The van der Waals surface area contributed by atoms with Crippen molar-refractivity contribution in [2.75, 3.05) is 25.6 Å².